The maximum Gasteiger partial charge on any atom is 0.460 e. The number of hydrogen-bond acceptors (Lipinski definition) is 3. The Morgan fingerprint density at radius 2 is 1.44 bits per heavy atom. The smallest absolute Gasteiger partial charge is 0.460 e. The fourth-order valence-corrected chi connectivity index (χ4v) is 2.90. The summed E-state index contributed by atoms with van der Waals surface area (Å²) in [5.41, 5.74) is 0. The summed E-state index contributed by atoms with van der Waals surface area (Å²) >= 11 is 0.764. The van der Waals surface area contributed by atoms with Gasteiger partial charge in [0.1, 0.15) is 5.25 Å². The Hall–Kier alpha value is -0.810. The van der Waals surface area contributed by atoms with Crippen LogP contribution >= 0.6 is 11.8 Å². The zero-order chi connectivity index (χ0) is 20.3. The molecule has 0 aliphatic rings. The number of methoxy groups -OCH3 is 1. The SMILES string of the molecule is COC(=O)C(SCCCC(F)(F)C(F)(F)C(F)(F)C(F)(F)F)C(C)C. The molecule has 1 unspecified atom stereocenters. The van der Waals surface area contributed by atoms with Crippen molar-refractivity contribution in [2.24, 2.45) is 5.92 Å². The fourth-order valence-electron chi connectivity index (χ4n) is 1.72. The molecule has 150 valence electrons. The Labute approximate surface area is 142 Å². The van der Waals surface area contributed by atoms with Gasteiger partial charge in [-0.25, -0.2) is 0 Å². The molecule has 12 heteroatoms. The molecule has 0 spiro atoms. The molecule has 0 heterocycles. The van der Waals surface area contributed by atoms with Crippen LogP contribution < -0.4 is 0 Å². The molecule has 0 bridgehead atoms. The molecule has 0 aromatic heterocycles. The third-order valence-electron chi connectivity index (χ3n) is 3.18. The summed E-state index contributed by atoms with van der Waals surface area (Å²) in [4.78, 5) is 11.4. The predicted octanol–water partition coefficient (Wildman–Crippen LogP) is 5.17. The van der Waals surface area contributed by atoms with Crippen LogP contribution in [-0.2, 0) is 9.53 Å². The van der Waals surface area contributed by atoms with Gasteiger partial charge in [0, 0.05) is 6.42 Å². The average Bonchev–Trinajstić information content (AvgIpc) is 2.44. The van der Waals surface area contributed by atoms with Gasteiger partial charge in [0.25, 0.3) is 0 Å². The number of carbonyl (C=O) groups excluding carboxylic acids is 1. The van der Waals surface area contributed by atoms with E-state index < -0.39 is 48.0 Å². The number of halogens is 9. The zero-order valence-corrected chi connectivity index (χ0v) is 14.2. The molecule has 25 heavy (non-hydrogen) atoms. The Bertz CT molecular complexity index is 449. The van der Waals surface area contributed by atoms with Gasteiger partial charge in [-0.15, -0.1) is 11.8 Å². The van der Waals surface area contributed by atoms with E-state index >= 15 is 0 Å². The van der Waals surface area contributed by atoms with E-state index in [1.807, 2.05) is 0 Å². The molecule has 2 nitrogen and oxygen atoms in total. The van der Waals surface area contributed by atoms with Crippen molar-refractivity contribution in [3.8, 4) is 0 Å². The monoisotopic (exact) mass is 408 g/mol. The summed E-state index contributed by atoms with van der Waals surface area (Å²) < 4.78 is 118. The van der Waals surface area contributed by atoms with Crippen molar-refractivity contribution in [3.05, 3.63) is 0 Å². The van der Waals surface area contributed by atoms with E-state index in [4.69, 9.17) is 0 Å². The maximum atomic E-state index is 13.3. The van der Waals surface area contributed by atoms with E-state index in [9.17, 15) is 44.3 Å². The van der Waals surface area contributed by atoms with Crippen molar-refractivity contribution < 1.29 is 49.0 Å². The highest BCUT2D eigenvalue weighted by Gasteiger charge is 2.81. The molecular weight excluding hydrogens is 391 g/mol. The molecule has 0 amide bonds. The van der Waals surface area contributed by atoms with Crippen molar-refractivity contribution in [1.29, 1.82) is 0 Å². The molecule has 0 N–H and O–H groups in total. The van der Waals surface area contributed by atoms with Gasteiger partial charge in [-0.2, -0.15) is 39.5 Å². The van der Waals surface area contributed by atoms with Gasteiger partial charge < -0.3 is 4.74 Å². The molecular formula is C13H17F9O2S. The van der Waals surface area contributed by atoms with Crippen molar-refractivity contribution >= 4 is 17.7 Å². The van der Waals surface area contributed by atoms with Crippen molar-refractivity contribution in [2.75, 3.05) is 12.9 Å². The largest absolute Gasteiger partial charge is 0.468 e. The third kappa shape index (κ3) is 5.33. The van der Waals surface area contributed by atoms with Gasteiger partial charge in [-0.05, 0) is 18.1 Å². The lowest BCUT2D eigenvalue weighted by Crippen LogP contribution is -2.60. The molecule has 0 saturated heterocycles. The van der Waals surface area contributed by atoms with E-state index in [0.29, 0.717) is 0 Å². The quantitative estimate of drug-likeness (QED) is 0.299. The highest BCUT2D eigenvalue weighted by Crippen LogP contribution is 2.54. The number of ether oxygens (including phenoxy) is 1. The number of alkyl halides is 9. The summed E-state index contributed by atoms with van der Waals surface area (Å²) in [7, 11) is 1.08. The topological polar surface area (TPSA) is 26.3 Å². The molecule has 0 radical (unpaired) electrons. The Morgan fingerprint density at radius 1 is 0.960 bits per heavy atom. The van der Waals surface area contributed by atoms with Gasteiger partial charge >= 0.3 is 29.9 Å². The number of rotatable bonds is 9. The summed E-state index contributed by atoms with van der Waals surface area (Å²) in [6, 6.07) is 0. The van der Waals surface area contributed by atoms with Crippen LogP contribution in [0.3, 0.4) is 0 Å². The first-order valence-corrected chi connectivity index (χ1v) is 7.97. The van der Waals surface area contributed by atoms with Crippen molar-refractivity contribution in [2.45, 2.75) is 55.9 Å². The van der Waals surface area contributed by atoms with Crippen LogP contribution in [0.4, 0.5) is 39.5 Å². The fraction of sp³-hybridized carbons (Fsp3) is 0.923. The highest BCUT2D eigenvalue weighted by molar-refractivity contribution is 8.00. The van der Waals surface area contributed by atoms with Crippen LogP contribution in [0.1, 0.15) is 26.7 Å². The molecule has 0 fully saturated rings. The lowest BCUT2D eigenvalue weighted by Gasteiger charge is -2.33. The van der Waals surface area contributed by atoms with E-state index in [1.165, 1.54) is 0 Å². The van der Waals surface area contributed by atoms with Crippen LogP contribution in [0.2, 0.25) is 0 Å². The third-order valence-corrected chi connectivity index (χ3v) is 4.80. The summed E-state index contributed by atoms with van der Waals surface area (Å²) in [6.45, 7) is 3.20. The van der Waals surface area contributed by atoms with Crippen LogP contribution in [0, 0.1) is 5.92 Å². The summed E-state index contributed by atoms with van der Waals surface area (Å²) in [6.07, 6.45) is -9.52. The molecule has 0 rings (SSSR count). The molecule has 0 aliphatic carbocycles. The van der Waals surface area contributed by atoms with Crippen LogP contribution in [0.25, 0.3) is 0 Å². The van der Waals surface area contributed by atoms with Gasteiger partial charge in [-0.3, -0.25) is 4.79 Å². The lowest BCUT2D eigenvalue weighted by molar-refractivity contribution is -0.396. The number of carbonyl (C=O) groups is 1. The minimum absolute atomic E-state index is 0.297. The second-order valence-corrected chi connectivity index (χ2v) is 6.76. The van der Waals surface area contributed by atoms with Crippen molar-refractivity contribution in [3.63, 3.8) is 0 Å². The summed E-state index contributed by atoms with van der Waals surface area (Å²) in [5, 5.41) is -0.809. The van der Waals surface area contributed by atoms with Crippen LogP contribution in [0.5, 0.6) is 0 Å². The summed E-state index contributed by atoms with van der Waals surface area (Å²) in [5.74, 6) is -20.4. The molecule has 0 aromatic carbocycles. The van der Waals surface area contributed by atoms with E-state index in [-0.39, 0.29) is 11.7 Å². The Kier molecular flexibility index (Phi) is 7.99. The molecule has 1 atom stereocenters. The second-order valence-electron chi connectivity index (χ2n) is 5.51. The Morgan fingerprint density at radius 3 is 1.80 bits per heavy atom. The highest BCUT2D eigenvalue weighted by atomic mass is 32.2. The second kappa shape index (κ2) is 8.26. The number of esters is 1. The van der Waals surface area contributed by atoms with Gasteiger partial charge in [0.15, 0.2) is 0 Å². The number of thioether (sulfide) groups is 1. The first-order valence-electron chi connectivity index (χ1n) is 6.92. The van der Waals surface area contributed by atoms with E-state index in [2.05, 4.69) is 4.74 Å². The van der Waals surface area contributed by atoms with Crippen molar-refractivity contribution in [1.82, 2.24) is 0 Å². The standard InChI is InChI=1S/C13H17F9O2S/c1-7(2)8(9(23)24-3)25-6-4-5-10(14,15)11(16,17)12(18,19)13(20,21)22/h7-8H,4-6H2,1-3H3. The average molecular weight is 408 g/mol. The first-order chi connectivity index (χ1) is 11.0. The molecule has 0 aliphatic heterocycles. The first kappa shape index (κ1) is 24.2. The minimum Gasteiger partial charge on any atom is -0.468 e. The van der Waals surface area contributed by atoms with Gasteiger partial charge in [0.05, 0.1) is 7.11 Å². The normalized spacial score (nSPS) is 15.4. The lowest BCUT2D eigenvalue weighted by atomic mass is 10.00. The zero-order valence-electron chi connectivity index (χ0n) is 13.4. The molecule has 0 aromatic rings. The van der Waals surface area contributed by atoms with Crippen LogP contribution in [0.15, 0.2) is 0 Å². The predicted molar refractivity (Wildman–Crippen MR) is 73.2 cm³/mol. The molecule has 0 saturated carbocycles. The number of hydrogen-bond donors (Lipinski definition) is 0. The van der Waals surface area contributed by atoms with Gasteiger partial charge in [0.2, 0.25) is 0 Å². The van der Waals surface area contributed by atoms with Crippen LogP contribution in [-0.4, -0.2) is 48.0 Å². The van der Waals surface area contributed by atoms with E-state index in [1.54, 1.807) is 13.8 Å². The Balaban J connectivity index is 4.91. The minimum atomic E-state index is -6.87. The van der Waals surface area contributed by atoms with E-state index in [0.717, 1.165) is 18.9 Å². The van der Waals surface area contributed by atoms with Gasteiger partial charge in [-0.1, -0.05) is 13.8 Å². The maximum absolute atomic E-state index is 13.3.